The van der Waals surface area contributed by atoms with Crippen LogP contribution in [0, 0.1) is 18.2 Å². The second kappa shape index (κ2) is 15.5. The number of piperidine rings is 1. The minimum atomic E-state index is -1.13. The summed E-state index contributed by atoms with van der Waals surface area (Å²) in [6, 6.07) is 13.6. The number of halogens is 1. The van der Waals surface area contributed by atoms with Gasteiger partial charge in [0.25, 0.3) is 0 Å². The van der Waals surface area contributed by atoms with Gasteiger partial charge in [-0.25, -0.2) is 14.2 Å². The maximum atomic E-state index is 13.2. The van der Waals surface area contributed by atoms with Crippen LogP contribution in [0.25, 0.3) is 11.1 Å². The molecule has 46 heavy (non-hydrogen) atoms. The lowest BCUT2D eigenvalue weighted by Crippen LogP contribution is -2.38. The molecule has 0 spiro atoms. The Morgan fingerprint density at radius 1 is 1.02 bits per heavy atom. The van der Waals surface area contributed by atoms with E-state index in [9.17, 15) is 19.1 Å². The fourth-order valence-electron chi connectivity index (χ4n) is 5.15. The van der Waals surface area contributed by atoms with E-state index in [1.165, 1.54) is 12.1 Å². The van der Waals surface area contributed by atoms with Crippen LogP contribution in [0.1, 0.15) is 88.6 Å². The smallest absolute Gasteiger partial charge is 0.355 e. The fraction of sp³-hybridized carbons (Fsp3) is 0.486. The van der Waals surface area contributed by atoms with Crippen molar-refractivity contribution in [3.8, 4) is 16.9 Å². The first-order chi connectivity index (χ1) is 21.4. The molecule has 2 N–H and O–H groups in total. The molecule has 0 aliphatic carbocycles. The first-order valence-electron chi connectivity index (χ1n) is 15.8. The van der Waals surface area contributed by atoms with E-state index in [2.05, 4.69) is 23.7 Å². The third-order valence-corrected chi connectivity index (χ3v) is 7.52. The van der Waals surface area contributed by atoms with Crippen molar-refractivity contribution in [3.05, 3.63) is 76.9 Å². The molecule has 0 unspecified atom stereocenters. The number of hydrogen-bond acceptors (Lipinski definition) is 7. The molecule has 1 aliphatic rings. The number of aromatic nitrogens is 1. The lowest BCUT2D eigenvalue weighted by Gasteiger charge is -2.40. The highest BCUT2D eigenvalue weighted by atomic mass is 19.1. The van der Waals surface area contributed by atoms with Gasteiger partial charge in [-0.3, -0.25) is 4.79 Å². The van der Waals surface area contributed by atoms with Crippen LogP contribution in [0.2, 0.25) is 0 Å². The van der Waals surface area contributed by atoms with Gasteiger partial charge in [-0.15, -0.1) is 0 Å². The van der Waals surface area contributed by atoms with Crippen molar-refractivity contribution in [2.75, 3.05) is 24.6 Å². The highest BCUT2D eigenvalue weighted by Crippen LogP contribution is 2.42. The number of ether oxygens (including phenoxy) is 2. The molecule has 4 rings (SSSR count). The number of benzene rings is 2. The van der Waals surface area contributed by atoms with Crippen molar-refractivity contribution in [2.45, 2.75) is 92.8 Å². The maximum Gasteiger partial charge on any atom is 0.355 e. The Kier molecular flexibility index (Phi) is 12.3. The minimum absolute atomic E-state index is 0.00369. The van der Waals surface area contributed by atoms with Gasteiger partial charge in [0.05, 0.1) is 30.4 Å². The van der Waals surface area contributed by atoms with Crippen molar-refractivity contribution < 1.29 is 33.7 Å². The second-order valence-electron chi connectivity index (χ2n) is 13.8. The summed E-state index contributed by atoms with van der Waals surface area (Å²) in [5.74, 6) is -1.14. The number of aliphatic hydroxyl groups is 1. The number of carboxylic acids is 1. The van der Waals surface area contributed by atoms with Gasteiger partial charge in [0.15, 0.2) is 5.69 Å². The summed E-state index contributed by atoms with van der Waals surface area (Å²) in [6.07, 6.45) is 2.24. The van der Waals surface area contributed by atoms with Gasteiger partial charge < -0.3 is 24.6 Å². The van der Waals surface area contributed by atoms with Crippen molar-refractivity contribution in [3.63, 3.8) is 0 Å². The van der Waals surface area contributed by atoms with Crippen LogP contribution in [0.15, 0.2) is 48.5 Å². The van der Waals surface area contributed by atoms with E-state index in [-0.39, 0.29) is 35.4 Å². The van der Waals surface area contributed by atoms with Gasteiger partial charge in [0, 0.05) is 36.3 Å². The Morgan fingerprint density at radius 3 is 2.11 bits per heavy atom. The Hall–Kier alpha value is -3.98. The Morgan fingerprint density at radius 2 is 1.59 bits per heavy atom. The predicted molar refractivity (Wildman–Crippen MR) is 179 cm³/mol. The first-order valence-corrected chi connectivity index (χ1v) is 15.8. The summed E-state index contributed by atoms with van der Waals surface area (Å²) in [5.41, 5.74) is 3.70. The van der Waals surface area contributed by atoms with E-state index < -0.39 is 11.6 Å². The molecular formula is C37H49FN2O6. The van der Waals surface area contributed by atoms with Gasteiger partial charge in [0.2, 0.25) is 0 Å². The summed E-state index contributed by atoms with van der Waals surface area (Å²) in [5, 5.41) is 18.7. The SMILES string of the molecule is CC(C)(C)O.Cc1nc(C(=O)O)c(-c2ccc(OCCc3ccc(F)cc3)cc2)c(N2CCC(C)(C)CC2)c1CC(=O)OC(C)C. The van der Waals surface area contributed by atoms with Gasteiger partial charge in [0.1, 0.15) is 11.6 Å². The average molecular weight is 637 g/mol. The number of aromatic carboxylic acids is 1. The summed E-state index contributed by atoms with van der Waals surface area (Å²) in [4.78, 5) is 32.0. The number of carbonyl (C=O) groups excluding carboxylic acids is 1. The number of aryl methyl sites for hydroxylation is 1. The summed E-state index contributed by atoms with van der Waals surface area (Å²) in [6.45, 7) is 16.9. The van der Waals surface area contributed by atoms with Crippen molar-refractivity contribution >= 4 is 17.6 Å². The Labute approximate surface area is 272 Å². The Balaban J connectivity index is 0.00000107. The van der Waals surface area contributed by atoms with Crippen molar-refractivity contribution in [2.24, 2.45) is 5.41 Å². The van der Waals surface area contributed by atoms with Crippen LogP contribution < -0.4 is 9.64 Å². The van der Waals surface area contributed by atoms with Crippen LogP contribution in [0.5, 0.6) is 5.75 Å². The fourth-order valence-corrected chi connectivity index (χ4v) is 5.15. The zero-order valence-electron chi connectivity index (χ0n) is 28.4. The first kappa shape index (κ1) is 36.5. The lowest BCUT2D eigenvalue weighted by molar-refractivity contribution is -0.146. The Bertz CT molecular complexity index is 1460. The van der Waals surface area contributed by atoms with Crippen molar-refractivity contribution in [1.82, 2.24) is 4.98 Å². The van der Waals surface area contributed by atoms with Crippen LogP contribution in [-0.4, -0.2) is 58.5 Å². The van der Waals surface area contributed by atoms with Gasteiger partial charge in [-0.2, -0.15) is 0 Å². The zero-order valence-corrected chi connectivity index (χ0v) is 28.4. The van der Waals surface area contributed by atoms with Gasteiger partial charge in [-0.05, 0) is 95.2 Å². The predicted octanol–water partition coefficient (Wildman–Crippen LogP) is 7.41. The molecule has 1 aliphatic heterocycles. The molecule has 2 aromatic carbocycles. The van der Waals surface area contributed by atoms with E-state index in [1.54, 1.807) is 65.8 Å². The van der Waals surface area contributed by atoms with Crippen LogP contribution in [-0.2, 0) is 22.4 Å². The molecule has 0 amide bonds. The molecule has 0 radical (unpaired) electrons. The zero-order chi connectivity index (χ0) is 34.2. The highest BCUT2D eigenvalue weighted by molar-refractivity contribution is 6.00. The quantitative estimate of drug-likeness (QED) is 0.222. The number of pyridine rings is 1. The number of esters is 1. The normalized spacial score (nSPS) is 14.4. The summed E-state index contributed by atoms with van der Waals surface area (Å²) in [7, 11) is 0. The third-order valence-electron chi connectivity index (χ3n) is 7.52. The molecule has 9 heteroatoms. The number of nitrogens with zero attached hydrogens (tertiary/aromatic N) is 2. The van der Waals surface area contributed by atoms with Crippen LogP contribution in [0.3, 0.4) is 0 Å². The van der Waals surface area contributed by atoms with E-state index in [1.807, 2.05) is 12.1 Å². The molecule has 0 atom stereocenters. The number of carboxylic acid groups (broad SMARTS) is 1. The number of rotatable bonds is 10. The molecule has 8 nitrogen and oxygen atoms in total. The third kappa shape index (κ3) is 11.1. The number of hydrogen-bond donors (Lipinski definition) is 2. The van der Waals surface area contributed by atoms with E-state index >= 15 is 0 Å². The second-order valence-corrected chi connectivity index (χ2v) is 13.8. The van der Waals surface area contributed by atoms with Crippen LogP contribution in [0.4, 0.5) is 10.1 Å². The monoisotopic (exact) mass is 636 g/mol. The number of carbonyl (C=O) groups is 2. The van der Waals surface area contributed by atoms with E-state index in [0.717, 1.165) is 37.2 Å². The van der Waals surface area contributed by atoms with Crippen molar-refractivity contribution in [1.29, 1.82) is 0 Å². The molecule has 0 saturated carbocycles. The largest absolute Gasteiger partial charge is 0.493 e. The average Bonchev–Trinajstić information content (AvgIpc) is 2.94. The van der Waals surface area contributed by atoms with Gasteiger partial charge >= 0.3 is 11.9 Å². The standard InChI is InChI=1S/C33H39FN2O5.C4H10O/c1-21(2)41-28(37)20-27-22(3)35-30(32(38)39)29(31(27)36-17-15-33(4,5)16-18-36)24-8-12-26(13-9-24)40-19-14-23-6-10-25(34)11-7-23;1-4(2,3)5/h6-13,21H,14-20H2,1-5H3,(H,38,39);5H,1-3H3. The molecule has 1 fully saturated rings. The van der Waals surface area contributed by atoms with Crippen LogP contribution >= 0.6 is 0 Å². The lowest BCUT2D eigenvalue weighted by atomic mass is 9.82. The van der Waals surface area contributed by atoms with E-state index in [0.29, 0.717) is 41.2 Å². The molecule has 1 saturated heterocycles. The van der Waals surface area contributed by atoms with E-state index in [4.69, 9.17) is 14.6 Å². The number of anilines is 1. The summed E-state index contributed by atoms with van der Waals surface area (Å²) < 4.78 is 24.5. The van der Waals surface area contributed by atoms with Gasteiger partial charge in [-0.1, -0.05) is 38.1 Å². The minimum Gasteiger partial charge on any atom is -0.493 e. The topological polar surface area (TPSA) is 109 Å². The highest BCUT2D eigenvalue weighted by Gasteiger charge is 2.32. The maximum absolute atomic E-state index is 13.2. The summed E-state index contributed by atoms with van der Waals surface area (Å²) >= 11 is 0. The molecule has 1 aromatic heterocycles. The molecular weight excluding hydrogens is 587 g/mol. The molecule has 2 heterocycles. The molecule has 0 bridgehead atoms. The molecule has 3 aromatic rings. The molecule has 250 valence electrons.